The number of nitrogens with two attached hydrogens (primary N) is 1. The number of hydrogen-bond donors (Lipinski definition) is 3. The summed E-state index contributed by atoms with van der Waals surface area (Å²) in [5, 5.41) is 11.6. The fourth-order valence-corrected chi connectivity index (χ4v) is 1.35. The monoisotopic (exact) mass is 222 g/mol. The van der Waals surface area contributed by atoms with E-state index in [1.54, 1.807) is 6.92 Å². The van der Waals surface area contributed by atoms with Crippen LogP contribution in [0.25, 0.3) is 0 Å². The number of nitrogens with one attached hydrogen (secondary N) is 1. The molecular formula is C12H18N2O2. The second-order valence-corrected chi connectivity index (χ2v) is 3.87. The lowest BCUT2D eigenvalue weighted by Gasteiger charge is -2.12. The van der Waals surface area contributed by atoms with Gasteiger partial charge in [-0.15, -0.1) is 0 Å². The van der Waals surface area contributed by atoms with Crippen LogP contribution >= 0.6 is 0 Å². The van der Waals surface area contributed by atoms with E-state index in [0.29, 0.717) is 0 Å². The summed E-state index contributed by atoms with van der Waals surface area (Å²) >= 11 is 0. The molecule has 4 heteroatoms. The van der Waals surface area contributed by atoms with Crippen molar-refractivity contribution in [2.24, 2.45) is 5.73 Å². The van der Waals surface area contributed by atoms with Crippen LogP contribution in [0.4, 0.5) is 0 Å². The van der Waals surface area contributed by atoms with Crippen LogP contribution in [0.3, 0.4) is 0 Å². The van der Waals surface area contributed by atoms with Gasteiger partial charge < -0.3 is 16.2 Å². The number of carbonyl (C=O) groups is 1. The normalized spacial score (nSPS) is 14.2. The van der Waals surface area contributed by atoms with Gasteiger partial charge in [0.15, 0.2) is 0 Å². The van der Waals surface area contributed by atoms with Crippen LogP contribution < -0.4 is 11.1 Å². The van der Waals surface area contributed by atoms with Gasteiger partial charge in [0.1, 0.15) is 0 Å². The van der Waals surface area contributed by atoms with Crippen LogP contribution in [0, 0.1) is 0 Å². The highest BCUT2D eigenvalue weighted by Crippen LogP contribution is 2.12. The van der Waals surface area contributed by atoms with Gasteiger partial charge in [0.05, 0.1) is 6.10 Å². The molecule has 4 nitrogen and oxygen atoms in total. The van der Waals surface area contributed by atoms with E-state index >= 15 is 0 Å². The molecule has 0 aliphatic rings. The Bertz CT molecular complexity index is 325. The molecule has 0 bridgehead atoms. The first-order valence-electron chi connectivity index (χ1n) is 5.35. The van der Waals surface area contributed by atoms with E-state index in [4.69, 9.17) is 10.8 Å². The van der Waals surface area contributed by atoms with E-state index in [9.17, 15) is 4.79 Å². The zero-order chi connectivity index (χ0) is 12.0. The van der Waals surface area contributed by atoms with Crippen molar-refractivity contribution in [3.05, 3.63) is 35.9 Å². The Hall–Kier alpha value is -1.39. The Balaban J connectivity index is 2.40. The smallest absolute Gasteiger partial charge is 0.221 e. The van der Waals surface area contributed by atoms with Crippen LogP contribution in [0.15, 0.2) is 30.3 Å². The van der Waals surface area contributed by atoms with Gasteiger partial charge >= 0.3 is 0 Å². The van der Waals surface area contributed by atoms with E-state index < -0.39 is 6.10 Å². The average molecular weight is 222 g/mol. The number of rotatable bonds is 5. The lowest BCUT2D eigenvalue weighted by molar-refractivity contribution is -0.121. The lowest BCUT2D eigenvalue weighted by Crippen LogP contribution is -2.32. The van der Waals surface area contributed by atoms with Crippen molar-refractivity contribution in [3.63, 3.8) is 0 Å². The van der Waals surface area contributed by atoms with Gasteiger partial charge in [-0.1, -0.05) is 30.3 Å². The summed E-state index contributed by atoms with van der Waals surface area (Å²) in [6, 6.07) is 9.18. The quantitative estimate of drug-likeness (QED) is 0.682. The van der Waals surface area contributed by atoms with Gasteiger partial charge in [-0.3, -0.25) is 4.79 Å². The molecule has 0 aliphatic heterocycles. The van der Waals surface area contributed by atoms with Crippen molar-refractivity contribution in [2.75, 3.05) is 6.54 Å². The summed E-state index contributed by atoms with van der Waals surface area (Å²) in [5.41, 5.74) is 6.82. The minimum Gasteiger partial charge on any atom is -0.392 e. The fourth-order valence-electron chi connectivity index (χ4n) is 1.35. The highest BCUT2D eigenvalue weighted by Gasteiger charge is 2.11. The molecule has 4 N–H and O–H groups in total. The molecule has 0 heterocycles. The Morgan fingerprint density at radius 3 is 2.62 bits per heavy atom. The molecule has 0 saturated heterocycles. The predicted octanol–water partition coefficient (Wildman–Crippen LogP) is 0.574. The van der Waals surface area contributed by atoms with Gasteiger partial charge in [0, 0.05) is 19.0 Å². The van der Waals surface area contributed by atoms with Crippen LogP contribution in [0.2, 0.25) is 0 Å². The van der Waals surface area contributed by atoms with Gasteiger partial charge in [0.2, 0.25) is 5.91 Å². The first kappa shape index (κ1) is 12.7. The molecular weight excluding hydrogens is 204 g/mol. The van der Waals surface area contributed by atoms with Crippen molar-refractivity contribution < 1.29 is 9.90 Å². The Kier molecular flexibility index (Phi) is 4.95. The highest BCUT2D eigenvalue weighted by molar-refractivity contribution is 5.76. The van der Waals surface area contributed by atoms with Crippen molar-refractivity contribution in [3.8, 4) is 0 Å². The summed E-state index contributed by atoms with van der Waals surface area (Å²) in [6.45, 7) is 1.89. The number of aliphatic hydroxyl groups is 1. The second kappa shape index (κ2) is 6.25. The molecule has 0 saturated carbocycles. The summed E-state index contributed by atoms with van der Waals surface area (Å²) < 4.78 is 0. The maximum Gasteiger partial charge on any atom is 0.221 e. The molecule has 1 aromatic carbocycles. The molecule has 0 radical (unpaired) electrons. The van der Waals surface area contributed by atoms with Crippen LogP contribution in [0.1, 0.15) is 24.9 Å². The number of amides is 1. The Labute approximate surface area is 95.5 Å². The van der Waals surface area contributed by atoms with Gasteiger partial charge in [-0.05, 0) is 12.5 Å². The summed E-state index contributed by atoms with van der Waals surface area (Å²) in [6.07, 6.45) is -0.298. The van der Waals surface area contributed by atoms with E-state index in [0.717, 1.165) is 5.56 Å². The van der Waals surface area contributed by atoms with Crippen molar-refractivity contribution >= 4 is 5.91 Å². The number of aliphatic hydroxyl groups excluding tert-OH is 1. The van der Waals surface area contributed by atoms with Gasteiger partial charge in [-0.2, -0.15) is 0 Å². The minimum atomic E-state index is -0.531. The number of carbonyl (C=O) groups excluding carboxylic acids is 1. The third-order valence-electron chi connectivity index (χ3n) is 2.23. The van der Waals surface area contributed by atoms with E-state index in [1.165, 1.54) is 0 Å². The standard InChI is InChI=1S/C12H18N2O2/c1-9(15)8-14-12(16)7-11(13)10-5-3-2-4-6-10/h2-6,9,11,15H,7-8,13H2,1H3,(H,14,16)/t9-,11?/m1/s1. The molecule has 88 valence electrons. The third kappa shape index (κ3) is 4.42. The average Bonchev–Trinajstić information content (AvgIpc) is 2.27. The number of benzene rings is 1. The van der Waals surface area contributed by atoms with Crippen molar-refractivity contribution in [1.82, 2.24) is 5.32 Å². The molecule has 1 amide bonds. The minimum absolute atomic E-state index is 0.141. The first-order valence-corrected chi connectivity index (χ1v) is 5.35. The zero-order valence-corrected chi connectivity index (χ0v) is 9.39. The molecule has 1 rings (SSSR count). The highest BCUT2D eigenvalue weighted by atomic mass is 16.3. The Morgan fingerprint density at radius 1 is 1.44 bits per heavy atom. The SMILES string of the molecule is C[C@@H](O)CNC(=O)CC(N)c1ccccc1. The molecule has 2 atom stereocenters. The Morgan fingerprint density at radius 2 is 2.06 bits per heavy atom. The topological polar surface area (TPSA) is 75.3 Å². The summed E-state index contributed by atoms with van der Waals surface area (Å²) in [4.78, 5) is 11.4. The van der Waals surface area contributed by atoms with Gasteiger partial charge in [-0.25, -0.2) is 0 Å². The summed E-state index contributed by atoms with van der Waals surface area (Å²) in [5.74, 6) is -0.141. The largest absolute Gasteiger partial charge is 0.392 e. The second-order valence-electron chi connectivity index (χ2n) is 3.87. The molecule has 0 spiro atoms. The van der Waals surface area contributed by atoms with Crippen LogP contribution in [-0.2, 0) is 4.79 Å². The van der Waals surface area contributed by atoms with Crippen molar-refractivity contribution in [1.29, 1.82) is 0 Å². The first-order chi connectivity index (χ1) is 7.59. The third-order valence-corrected chi connectivity index (χ3v) is 2.23. The maximum atomic E-state index is 11.4. The predicted molar refractivity (Wildman–Crippen MR) is 62.7 cm³/mol. The zero-order valence-electron chi connectivity index (χ0n) is 9.39. The molecule has 16 heavy (non-hydrogen) atoms. The van der Waals surface area contributed by atoms with E-state index in [1.807, 2.05) is 30.3 Å². The number of hydrogen-bond acceptors (Lipinski definition) is 3. The van der Waals surface area contributed by atoms with Crippen molar-refractivity contribution in [2.45, 2.75) is 25.5 Å². The molecule has 1 unspecified atom stereocenters. The maximum absolute atomic E-state index is 11.4. The lowest BCUT2D eigenvalue weighted by atomic mass is 10.0. The molecule has 0 aliphatic carbocycles. The van der Waals surface area contributed by atoms with Crippen LogP contribution in [0.5, 0.6) is 0 Å². The fraction of sp³-hybridized carbons (Fsp3) is 0.417. The van der Waals surface area contributed by atoms with Crippen LogP contribution in [-0.4, -0.2) is 23.7 Å². The van der Waals surface area contributed by atoms with Gasteiger partial charge in [0.25, 0.3) is 0 Å². The van der Waals surface area contributed by atoms with E-state index in [2.05, 4.69) is 5.32 Å². The molecule has 0 fully saturated rings. The summed E-state index contributed by atoms with van der Waals surface area (Å²) in [7, 11) is 0. The van der Waals surface area contributed by atoms with E-state index in [-0.39, 0.29) is 24.9 Å². The molecule has 0 aromatic heterocycles. The molecule has 1 aromatic rings.